The highest BCUT2D eigenvalue weighted by Crippen LogP contribution is 2.23. The Labute approximate surface area is 80.3 Å². The summed E-state index contributed by atoms with van der Waals surface area (Å²) in [5, 5.41) is 8.63. The molecule has 6 nitrogen and oxygen atoms in total. The van der Waals surface area contributed by atoms with Crippen molar-refractivity contribution in [2.24, 2.45) is 5.73 Å². The molecule has 0 bridgehead atoms. The van der Waals surface area contributed by atoms with Crippen molar-refractivity contribution in [1.82, 2.24) is 0 Å². The molecule has 1 rings (SSSR count). The second kappa shape index (κ2) is 4.21. The summed E-state index contributed by atoms with van der Waals surface area (Å²) in [5.74, 6) is -0.801. The minimum Gasteiger partial charge on any atom is -0.394 e. The van der Waals surface area contributed by atoms with E-state index in [4.69, 9.17) is 9.84 Å². The molecule has 78 valence electrons. The number of rotatable bonds is 3. The molecule has 6 heteroatoms. The van der Waals surface area contributed by atoms with Crippen molar-refractivity contribution < 1.29 is 24.2 Å². The van der Waals surface area contributed by atoms with E-state index < -0.39 is 12.1 Å². The molecule has 0 radical (unpaired) electrons. The summed E-state index contributed by atoms with van der Waals surface area (Å²) < 4.78 is 9.06. The van der Waals surface area contributed by atoms with Crippen LogP contribution in [0.4, 0.5) is 4.79 Å². The molecule has 1 amide bonds. The molecule has 0 spiro atoms. The van der Waals surface area contributed by atoms with E-state index in [-0.39, 0.29) is 24.4 Å². The fraction of sp³-hybridized carbons (Fsp3) is 0.500. The van der Waals surface area contributed by atoms with Crippen molar-refractivity contribution in [3.05, 3.63) is 11.6 Å². The van der Waals surface area contributed by atoms with Gasteiger partial charge in [0, 0.05) is 5.57 Å². The largest absolute Gasteiger partial charge is 0.412 e. The molecule has 0 aromatic carbocycles. The summed E-state index contributed by atoms with van der Waals surface area (Å²) in [4.78, 5) is 21.2. The number of aliphatic hydroxyl groups is 1. The predicted octanol–water partition coefficient (Wildman–Crippen LogP) is -0.686. The van der Waals surface area contributed by atoms with Gasteiger partial charge in [0.25, 0.3) is 0 Å². The second-order valence-corrected chi connectivity index (χ2v) is 2.88. The average molecular weight is 201 g/mol. The Kier molecular flexibility index (Phi) is 3.21. The Morgan fingerprint density at radius 1 is 1.64 bits per heavy atom. The first kappa shape index (κ1) is 10.7. The van der Waals surface area contributed by atoms with Crippen molar-refractivity contribution in [2.75, 3.05) is 6.61 Å². The van der Waals surface area contributed by atoms with Gasteiger partial charge in [-0.3, -0.25) is 0 Å². The van der Waals surface area contributed by atoms with Gasteiger partial charge in [0.05, 0.1) is 6.61 Å². The second-order valence-electron chi connectivity index (χ2n) is 2.88. The van der Waals surface area contributed by atoms with Gasteiger partial charge in [0.15, 0.2) is 0 Å². The summed E-state index contributed by atoms with van der Waals surface area (Å²) in [6.45, 7) is 1.38. The van der Waals surface area contributed by atoms with Crippen LogP contribution in [0, 0.1) is 0 Å². The maximum Gasteiger partial charge on any atom is 0.412 e. The summed E-state index contributed by atoms with van der Waals surface area (Å²) >= 11 is 0. The first-order valence-corrected chi connectivity index (χ1v) is 4.01. The molecule has 1 aliphatic heterocycles. The molecule has 3 N–H and O–H groups in total. The van der Waals surface area contributed by atoms with Crippen LogP contribution in [0.25, 0.3) is 0 Å². The monoisotopic (exact) mass is 201 g/mol. The molecule has 1 aliphatic rings. The van der Waals surface area contributed by atoms with Crippen molar-refractivity contribution in [1.29, 1.82) is 0 Å². The zero-order valence-corrected chi connectivity index (χ0v) is 7.60. The van der Waals surface area contributed by atoms with Gasteiger partial charge in [-0.1, -0.05) is 0 Å². The van der Waals surface area contributed by atoms with E-state index in [2.05, 4.69) is 10.5 Å². The van der Waals surface area contributed by atoms with Crippen LogP contribution < -0.4 is 5.73 Å². The number of carbonyl (C=O) groups excluding carboxylic acids is 2. The maximum absolute atomic E-state index is 11.0. The van der Waals surface area contributed by atoms with E-state index in [1.54, 1.807) is 0 Å². The summed E-state index contributed by atoms with van der Waals surface area (Å²) in [5.41, 5.74) is 4.88. The standard InChI is InChI=1S/C8H11NO5/c1-4(7(11)14-8(9)12)2-5-6(3-10)13-5/h2,5-6,10H,3H2,1H3,(H2,9,12). The first-order chi connectivity index (χ1) is 6.54. The quantitative estimate of drug-likeness (QED) is 0.272. The molecule has 1 fully saturated rings. The fourth-order valence-corrected chi connectivity index (χ4v) is 0.936. The highest BCUT2D eigenvalue weighted by molar-refractivity contribution is 5.94. The molecule has 14 heavy (non-hydrogen) atoms. The zero-order valence-electron chi connectivity index (χ0n) is 7.60. The number of carbonyl (C=O) groups is 2. The first-order valence-electron chi connectivity index (χ1n) is 4.01. The van der Waals surface area contributed by atoms with Crippen molar-refractivity contribution >= 4 is 12.1 Å². The number of ether oxygens (including phenoxy) is 2. The van der Waals surface area contributed by atoms with E-state index in [1.807, 2.05) is 0 Å². The molecule has 0 aliphatic carbocycles. The van der Waals surface area contributed by atoms with Gasteiger partial charge in [0.2, 0.25) is 0 Å². The average Bonchev–Trinajstić information content (AvgIpc) is 2.82. The van der Waals surface area contributed by atoms with Crippen LogP contribution in [0.1, 0.15) is 6.92 Å². The lowest BCUT2D eigenvalue weighted by Crippen LogP contribution is -2.19. The van der Waals surface area contributed by atoms with E-state index >= 15 is 0 Å². The predicted molar refractivity (Wildman–Crippen MR) is 45.2 cm³/mol. The highest BCUT2D eigenvalue weighted by Gasteiger charge is 2.36. The van der Waals surface area contributed by atoms with Crippen molar-refractivity contribution in [2.45, 2.75) is 19.1 Å². The number of esters is 1. The molecule has 1 saturated heterocycles. The minimum atomic E-state index is -1.14. The van der Waals surface area contributed by atoms with E-state index in [0.717, 1.165) is 0 Å². The van der Waals surface area contributed by atoms with Gasteiger partial charge in [-0.05, 0) is 13.0 Å². The normalized spacial score (nSPS) is 25.7. The van der Waals surface area contributed by atoms with Crippen LogP contribution in [0.2, 0.25) is 0 Å². The van der Waals surface area contributed by atoms with Crippen LogP contribution in [-0.2, 0) is 14.3 Å². The lowest BCUT2D eigenvalue weighted by Gasteiger charge is -1.97. The van der Waals surface area contributed by atoms with Crippen LogP contribution >= 0.6 is 0 Å². The zero-order chi connectivity index (χ0) is 10.7. The lowest BCUT2D eigenvalue weighted by molar-refractivity contribution is -0.132. The number of amides is 1. The number of aliphatic hydroxyl groups excluding tert-OH is 1. The lowest BCUT2D eigenvalue weighted by atomic mass is 10.2. The third-order valence-corrected chi connectivity index (χ3v) is 1.73. The molecule has 1 heterocycles. The summed E-state index contributed by atoms with van der Waals surface area (Å²) in [6, 6.07) is 0. The molecule has 2 atom stereocenters. The van der Waals surface area contributed by atoms with Gasteiger partial charge in [-0.2, -0.15) is 0 Å². The molecule has 0 aromatic heterocycles. The molecular weight excluding hydrogens is 190 g/mol. The third kappa shape index (κ3) is 2.82. The van der Waals surface area contributed by atoms with Crippen molar-refractivity contribution in [3.8, 4) is 0 Å². The highest BCUT2D eigenvalue weighted by atomic mass is 16.6. The van der Waals surface area contributed by atoms with E-state index in [9.17, 15) is 9.59 Å². The molecule has 2 unspecified atom stereocenters. The van der Waals surface area contributed by atoms with Gasteiger partial charge in [-0.15, -0.1) is 0 Å². The van der Waals surface area contributed by atoms with Gasteiger partial charge in [0.1, 0.15) is 12.2 Å². The van der Waals surface area contributed by atoms with Gasteiger partial charge < -0.3 is 20.3 Å². The molecule has 0 saturated carbocycles. The van der Waals surface area contributed by atoms with Gasteiger partial charge in [-0.25, -0.2) is 9.59 Å². The van der Waals surface area contributed by atoms with E-state index in [0.29, 0.717) is 0 Å². The Morgan fingerprint density at radius 3 is 2.71 bits per heavy atom. The minimum absolute atomic E-state index is 0.0979. The Hall–Kier alpha value is -1.40. The number of nitrogens with two attached hydrogens (primary N) is 1. The molecule has 0 aromatic rings. The Balaban J connectivity index is 2.44. The molecular formula is C8H11NO5. The SMILES string of the molecule is CC(=CC1OC1CO)C(=O)OC(N)=O. The topological polar surface area (TPSA) is 102 Å². The number of primary amides is 1. The van der Waals surface area contributed by atoms with Crippen LogP contribution in [-0.4, -0.2) is 36.0 Å². The van der Waals surface area contributed by atoms with Crippen LogP contribution in [0.15, 0.2) is 11.6 Å². The van der Waals surface area contributed by atoms with E-state index in [1.165, 1.54) is 13.0 Å². The third-order valence-electron chi connectivity index (χ3n) is 1.73. The van der Waals surface area contributed by atoms with Gasteiger partial charge >= 0.3 is 12.1 Å². The summed E-state index contributed by atoms with van der Waals surface area (Å²) in [7, 11) is 0. The Bertz CT molecular complexity index is 285. The van der Waals surface area contributed by atoms with Crippen molar-refractivity contribution in [3.63, 3.8) is 0 Å². The number of epoxide rings is 1. The number of hydrogen-bond donors (Lipinski definition) is 2. The van der Waals surface area contributed by atoms with Crippen LogP contribution in [0.5, 0.6) is 0 Å². The summed E-state index contributed by atoms with van der Waals surface area (Å²) in [6.07, 6.45) is -0.198. The number of hydrogen-bond acceptors (Lipinski definition) is 5. The smallest absolute Gasteiger partial charge is 0.394 e. The van der Waals surface area contributed by atoms with Crippen LogP contribution in [0.3, 0.4) is 0 Å². The maximum atomic E-state index is 11.0. The fourth-order valence-electron chi connectivity index (χ4n) is 0.936. The Morgan fingerprint density at radius 2 is 2.29 bits per heavy atom.